The summed E-state index contributed by atoms with van der Waals surface area (Å²) in [7, 11) is 0. The highest BCUT2D eigenvalue weighted by atomic mass is 15.3. The zero-order chi connectivity index (χ0) is 21.9. The van der Waals surface area contributed by atoms with Crippen molar-refractivity contribution in [3.05, 3.63) is 113 Å². The fraction of sp³-hybridized carbons (Fsp3) is 0.276. The Kier molecular flexibility index (Phi) is 5.91. The summed E-state index contributed by atoms with van der Waals surface area (Å²) >= 11 is 0. The maximum Gasteiger partial charge on any atom is 0.135 e. The first-order valence-electron chi connectivity index (χ1n) is 11.7. The van der Waals surface area contributed by atoms with Gasteiger partial charge in [0.2, 0.25) is 0 Å². The lowest BCUT2D eigenvalue weighted by Gasteiger charge is -2.41. The third-order valence-corrected chi connectivity index (χ3v) is 6.83. The summed E-state index contributed by atoms with van der Waals surface area (Å²) in [4.78, 5) is 10.0. The first-order chi connectivity index (χ1) is 15.7. The van der Waals surface area contributed by atoms with Gasteiger partial charge < -0.3 is 4.90 Å². The van der Waals surface area contributed by atoms with E-state index in [0.29, 0.717) is 0 Å². The SMILES string of the molecule is C[C@H](c1ccccc1)N(CC1=Cc2ccccc2C2=NCCCN12)[C@H](C)c1ccccc1. The van der Waals surface area contributed by atoms with Crippen molar-refractivity contribution in [1.82, 2.24) is 9.80 Å². The van der Waals surface area contributed by atoms with Gasteiger partial charge in [0.15, 0.2) is 0 Å². The summed E-state index contributed by atoms with van der Waals surface area (Å²) < 4.78 is 0. The van der Waals surface area contributed by atoms with Crippen molar-refractivity contribution >= 4 is 11.9 Å². The number of amidine groups is 1. The highest BCUT2D eigenvalue weighted by molar-refractivity contribution is 6.05. The Morgan fingerprint density at radius 2 is 1.41 bits per heavy atom. The molecule has 2 aliphatic rings. The predicted octanol–water partition coefficient (Wildman–Crippen LogP) is 6.32. The molecule has 2 atom stereocenters. The number of rotatable bonds is 6. The third kappa shape index (κ3) is 4.01. The molecule has 32 heavy (non-hydrogen) atoms. The summed E-state index contributed by atoms with van der Waals surface area (Å²) in [6.07, 6.45) is 3.48. The van der Waals surface area contributed by atoms with E-state index in [2.05, 4.69) is 115 Å². The van der Waals surface area contributed by atoms with Crippen LogP contribution < -0.4 is 0 Å². The van der Waals surface area contributed by atoms with Crippen molar-refractivity contribution < 1.29 is 0 Å². The van der Waals surface area contributed by atoms with Gasteiger partial charge in [-0.25, -0.2) is 0 Å². The number of fused-ring (bicyclic) bond motifs is 3. The van der Waals surface area contributed by atoms with Gasteiger partial charge in [-0.1, -0.05) is 84.9 Å². The monoisotopic (exact) mass is 421 g/mol. The smallest absolute Gasteiger partial charge is 0.135 e. The molecule has 0 saturated heterocycles. The average Bonchev–Trinajstić information content (AvgIpc) is 2.87. The molecule has 0 amide bonds. The highest BCUT2D eigenvalue weighted by Gasteiger charge is 2.30. The topological polar surface area (TPSA) is 18.8 Å². The van der Waals surface area contributed by atoms with E-state index in [9.17, 15) is 0 Å². The molecular weight excluding hydrogens is 390 g/mol. The van der Waals surface area contributed by atoms with Crippen molar-refractivity contribution in [2.24, 2.45) is 4.99 Å². The van der Waals surface area contributed by atoms with Crippen molar-refractivity contribution in [3.63, 3.8) is 0 Å². The summed E-state index contributed by atoms with van der Waals surface area (Å²) in [5.41, 5.74) is 6.57. The van der Waals surface area contributed by atoms with E-state index in [1.807, 2.05) is 0 Å². The fourth-order valence-corrected chi connectivity index (χ4v) is 4.97. The maximum atomic E-state index is 4.94. The molecular formula is C29H31N3. The number of hydrogen-bond acceptors (Lipinski definition) is 3. The Balaban J connectivity index is 1.54. The van der Waals surface area contributed by atoms with Crippen LogP contribution in [0, 0.1) is 0 Å². The van der Waals surface area contributed by atoms with Crippen LogP contribution in [0.4, 0.5) is 0 Å². The van der Waals surface area contributed by atoms with Gasteiger partial charge in [-0.05, 0) is 43.0 Å². The lowest BCUT2D eigenvalue weighted by atomic mass is 9.96. The Morgan fingerprint density at radius 1 is 0.812 bits per heavy atom. The first-order valence-corrected chi connectivity index (χ1v) is 11.7. The van der Waals surface area contributed by atoms with Crippen molar-refractivity contribution in [2.75, 3.05) is 19.6 Å². The van der Waals surface area contributed by atoms with Gasteiger partial charge in [-0.2, -0.15) is 0 Å². The van der Waals surface area contributed by atoms with Crippen LogP contribution in [-0.2, 0) is 0 Å². The summed E-state index contributed by atoms with van der Waals surface area (Å²) in [6.45, 7) is 7.48. The minimum atomic E-state index is 0.287. The summed E-state index contributed by atoms with van der Waals surface area (Å²) in [5, 5.41) is 0. The highest BCUT2D eigenvalue weighted by Crippen LogP contribution is 2.34. The fourth-order valence-electron chi connectivity index (χ4n) is 4.97. The normalized spacial score (nSPS) is 17.2. The van der Waals surface area contributed by atoms with Crippen LogP contribution in [0.2, 0.25) is 0 Å². The van der Waals surface area contributed by atoms with Crippen LogP contribution in [0.25, 0.3) is 6.08 Å². The molecule has 3 aromatic rings. The molecule has 0 fully saturated rings. The van der Waals surface area contributed by atoms with Gasteiger partial charge in [-0.15, -0.1) is 0 Å². The van der Waals surface area contributed by atoms with E-state index in [1.165, 1.54) is 28.0 Å². The number of benzene rings is 3. The van der Waals surface area contributed by atoms with E-state index < -0.39 is 0 Å². The molecule has 5 rings (SSSR count). The molecule has 3 aromatic carbocycles. The lowest BCUT2D eigenvalue weighted by Crippen LogP contribution is -2.43. The Labute approximate surface area is 191 Å². The second-order valence-electron chi connectivity index (χ2n) is 8.78. The second-order valence-corrected chi connectivity index (χ2v) is 8.78. The molecule has 0 unspecified atom stereocenters. The minimum Gasteiger partial charge on any atom is -0.329 e. The van der Waals surface area contributed by atoms with Crippen LogP contribution in [0.5, 0.6) is 0 Å². The molecule has 0 bridgehead atoms. The molecule has 162 valence electrons. The first kappa shape index (κ1) is 20.7. The van der Waals surface area contributed by atoms with Gasteiger partial charge in [0.05, 0.1) is 0 Å². The number of hydrogen-bond donors (Lipinski definition) is 0. The molecule has 3 nitrogen and oxygen atoms in total. The van der Waals surface area contributed by atoms with Gasteiger partial charge in [-0.3, -0.25) is 9.89 Å². The molecule has 0 N–H and O–H groups in total. The van der Waals surface area contributed by atoms with Gasteiger partial charge in [0, 0.05) is 43.0 Å². The predicted molar refractivity (Wildman–Crippen MR) is 134 cm³/mol. The maximum absolute atomic E-state index is 4.94. The van der Waals surface area contributed by atoms with E-state index >= 15 is 0 Å². The lowest BCUT2D eigenvalue weighted by molar-refractivity contribution is 0.160. The molecule has 0 saturated carbocycles. The van der Waals surface area contributed by atoms with E-state index in [-0.39, 0.29) is 12.1 Å². The van der Waals surface area contributed by atoms with Gasteiger partial charge >= 0.3 is 0 Å². The number of aliphatic imine (C=N–C) groups is 1. The second kappa shape index (κ2) is 9.13. The van der Waals surface area contributed by atoms with Crippen molar-refractivity contribution in [3.8, 4) is 0 Å². The molecule has 0 aliphatic carbocycles. The molecule has 2 heterocycles. The molecule has 2 aliphatic heterocycles. The Hall–Kier alpha value is -3.17. The minimum absolute atomic E-state index is 0.287. The molecule has 0 aromatic heterocycles. The quantitative estimate of drug-likeness (QED) is 0.464. The third-order valence-electron chi connectivity index (χ3n) is 6.83. The van der Waals surface area contributed by atoms with Crippen molar-refractivity contribution in [1.29, 1.82) is 0 Å². The van der Waals surface area contributed by atoms with E-state index in [1.54, 1.807) is 0 Å². The zero-order valence-electron chi connectivity index (χ0n) is 19.0. The molecule has 0 radical (unpaired) electrons. The van der Waals surface area contributed by atoms with Crippen molar-refractivity contribution in [2.45, 2.75) is 32.4 Å². The summed E-state index contributed by atoms with van der Waals surface area (Å²) in [5.74, 6) is 1.14. The van der Waals surface area contributed by atoms with Crippen LogP contribution in [0.1, 0.15) is 54.6 Å². The Morgan fingerprint density at radius 3 is 2.06 bits per heavy atom. The Bertz CT molecular complexity index is 1070. The van der Waals surface area contributed by atoms with Gasteiger partial charge in [0.25, 0.3) is 0 Å². The number of nitrogens with zero attached hydrogens (tertiary/aromatic N) is 3. The van der Waals surface area contributed by atoms with Crippen LogP contribution in [0.3, 0.4) is 0 Å². The van der Waals surface area contributed by atoms with E-state index in [0.717, 1.165) is 31.9 Å². The van der Waals surface area contributed by atoms with Gasteiger partial charge in [0.1, 0.15) is 5.84 Å². The van der Waals surface area contributed by atoms with E-state index in [4.69, 9.17) is 4.99 Å². The standard InChI is InChI=1S/C29H31N3/c1-22(24-12-5-3-6-13-24)32(23(2)25-14-7-4-8-15-25)21-27-20-26-16-9-10-17-28(26)29-30-18-11-19-31(27)29/h3-10,12-17,20,22-23H,11,18-19,21H2,1-2H3/t22-,23-/m1/s1. The summed E-state index contributed by atoms with van der Waals surface area (Å²) in [6, 6.07) is 31.0. The largest absolute Gasteiger partial charge is 0.329 e. The average molecular weight is 422 g/mol. The van der Waals surface area contributed by atoms with Crippen LogP contribution >= 0.6 is 0 Å². The van der Waals surface area contributed by atoms with Crippen LogP contribution in [0.15, 0.2) is 95.6 Å². The van der Waals surface area contributed by atoms with Crippen LogP contribution in [-0.4, -0.2) is 35.3 Å². The molecule has 3 heteroatoms. The zero-order valence-corrected chi connectivity index (χ0v) is 19.0. The molecule has 0 spiro atoms.